The molecule has 0 aliphatic rings. The lowest BCUT2D eigenvalue weighted by Gasteiger charge is -2.11. The lowest BCUT2D eigenvalue weighted by atomic mass is 10.2. The van der Waals surface area contributed by atoms with Crippen LogP contribution in [0.3, 0.4) is 0 Å². The van der Waals surface area contributed by atoms with Crippen LogP contribution in [-0.4, -0.2) is 18.5 Å². The highest BCUT2D eigenvalue weighted by Gasteiger charge is 2.30. The second-order valence-corrected chi connectivity index (χ2v) is 3.87. The van der Waals surface area contributed by atoms with Crippen LogP contribution in [0.25, 0.3) is 0 Å². The summed E-state index contributed by atoms with van der Waals surface area (Å²) in [7, 11) is 0. The Balaban J connectivity index is 2.78. The van der Waals surface area contributed by atoms with E-state index >= 15 is 0 Å². The van der Waals surface area contributed by atoms with Crippen LogP contribution >= 0.6 is 11.6 Å². The van der Waals surface area contributed by atoms with Crippen LogP contribution in [0.1, 0.15) is 5.56 Å². The average molecular weight is 296 g/mol. The number of alkyl halides is 3. The van der Waals surface area contributed by atoms with Crippen LogP contribution in [0.2, 0.25) is 5.02 Å². The Kier molecular flexibility index (Phi) is 4.60. The second-order valence-electron chi connectivity index (χ2n) is 3.46. The standard InChI is InChI=1S/C10H9ClF3N3O2/c11-6-2-1-5(10(12,13)14)3-7(6)16-4-8(18)17-9(15)19/h1-3,16H,4H2,(H3,15,17,18,19). The first kappa shape index (κ1) is 15.1. The van der Waals surface area contributed by atoms with Gasteiger partial charge in [0.25, 0.3) is 0 Å². The lowest BCUT2D eigenvalue weighted by molar-refractivity contribution is -0.137. The minimum absolute atomic E-state index is 0.0138. The van der Waals surface area contributed by atoms with Gasteiger partial charge >= 0.3 is 12.2 Å². The van der Waals surface area contributed by atoms with Crippen molar-refractivity contribution in [2.45, 2.75) is 6.18 Å². The number of anilines is 1. The summed E-state index contributed by atoms with van der Waals surface area (Å²) >= 11 is 5.68. The molecule has 0 saturated heterocycles. The predicted molar refractivity (Wildman–Crippen MR) is 62.7 cm³/mol. The number of carbonyl (C=O) groups excluding carboxylic acids is 2. The van der Waals surface area contributed by atoms with E-state index in [0.29, 0.717) is 0 Å². The van der Waals surface area contributed by atoms with E-state index in [4.69, 9.17) is 17.3 Å². The van der Waals surface area contributed by atoms with E-state index in [1.807, 2.05) is 0 Å². The molecule has 0 heterocycles. The van der Waals surface area contributed by atoms with Gasteiger partial charge < -0.3 is 11.1 Å². The van der Waals surface area contributed by atoms with Gasteiger partial charge in [0.1, 0.15) is 0 Å². The number of amides is 3. The molecule has 0 aliphatic heterocycles. The fourth-order valence-corrected chi connectivity index (χ4v) is 1.38. The summed E-state index contributed by atoms with van der Waals surface area (Å²) in [4.78, 5) is 21.4. The molecule has 0 unspecified atom stereocenters. The van der Waals surface area contributed by atoms with Crippen molar-refractivity contribution in [3.8, 4) is 0 Å². The van der Waals surface area contributed by atoms with Crippen molar-refractivity contribution in [3.05, 3.63) is 28.8 Å². The Hall–Kier alpha value is -1.96. The molecule has 4 N–H and O–H groups in total. The third-order valence-electron chi connectivity index (χ3n) is 2.00. The molecule has 104 valence electrons. The van der Waals surface area contributed by atoms with E-state index in [0.717, 1.165) is 18.2 Å². The van der Waals surface area contributed by atoms with Gasteiger partial charge in [0, 0.05) is 0 Å². The fourth-order valence-electron chi connectivity index (χ4n) is 1.19. The molecule has 19 heavy (non-hydrogen) atoms. The van der Waals surface area contributed by atoms with E-state index < -0.39 is 30.2 Å². The first-order chi connectivity index (χ1) is 8.70. The molecule has 0 saturated carbocycles. The molecule has 9 heteroatoms. The highest BCUT2D eigenvalue weighted by molar-refractivity contribution is 6.33. The Bertz CT molecular complexity index is 505. The Labute approximate surface area is 110 Å². The van der Waals surface area contributed by atoms with Crippen molar-refractivity contribution in [3.63, 3.8) is 0 Å². The molecule has 1 rings (SSSR count). The molecular formula is C10H9ClF3N3O2. The number of halogens is 4. The van der Waals surface area contributed by atoms with E-state index in [1.54, 1.807) is 5.32 Å². The van der Waals surface area contributed by atoms with Crippen molar-refractivity contribution >= 4 is 29.2 Å². The number of imide groups is 1. The van der Waals surface area contributed by atoms with Crippen LogP contribution in [0, 0.1) is 0 Å². The highest BCUT2D eigenvalue weighted by Crippen LogP contribution is 2.33. The summed E-state index contributed by atoms with van der Waals surface area (Å²) < 4.78 is 37.4. The predicted octanol–water partition coefficient (Wildman–Crippen LogP) is 1.97. The zero-order valence-electron chi connectivity index (χ0n) is 9.34. The van der Waals surface area contributed by atoms with Gasteiger partial charge in [0.15, 0.2) is 0 Å². The summed E-state index contributed by atoms with van der Waals surface area (Å²) in [6.45, 7) is -0.441. The Morgan fingerprint density at radius 1 is 1.32 bits per heavy atom. The van der Waals surface area contributed by atoms with Gasteiger partial charge in [-0.3, -0.25) is 10.1 Å². The maximum atomic E-state index is 12.5. The van der Waals surface area contributed by atoms with E-state index in [1.165, 1.54) is 0 Å². The van der Waals surface area contributed by atoms with Crippen LogP contribution < -0.4 is 16.4 Å². The molecule has 0 fully saturated rings. The van der Waals surface area contributed by atoms with Crippen molar-refractivity contribution < 1.29 is 22.8 Å². The van der Waals surface area contributed by atoms with Gasteiger partial charge in [-0.1, -0.05) is 11.6 Å². The molecule has 0 bridgehead atoms. The number of hydrogen-bond donors (Lipinski definition) is 3. The Morgan fingerprint density at radius 3 is 2.47 bits per heavy atom. The molecule has 0 aromatic heterocycles. The molecule has 0 radical (unpaired) electrons. The maximum Gasteiger partial charge on any atom is 0.416 e. The first-order valence-electron chi connectivity index (χ1n) is 4.90. The zero-order valence-corrected chi connectivity index (χ0v) is 10.1. The van der Waals surface area contributed by atoms with Crippen molar-refractivity contribution in [2.24, 2.45) is 5.73 Å². The van der Waals surface area contributed by atoms with Gasteiger partial charge in [-0.25, -0.2) is 4.79 Å². The van der Waals surface area contributed by atoms with Gasteiger partial charge in [0.2, 0.25) is 5.91 Å². The number of nitrogens with one attached hydrogen (secondary N) is 2. The van der Waals surface area contributed by atoms with Crippen LogP contribution in [0.5, 0.6) is 0 Å². The normalized spacial score (nSPS) is 10.9. The van der Waals surface area contributed by atoms with Crippen molar-refractivity contribution in [1.82, 2.24) is 5.32 Å². The fraction of sp³-hybridized carbons (Fsp3) is 0.200. The third-order valence-corrected chi connectivity index (χ3v) is 2.33. The van der Waals surface area contributed by atoms with Gasteiger partial charge in [-0.05, 0) is 18.2 Å². The summed E-state index contributed by atoms with van der Waals surface area (Å²) in [5.41, 5.74) is 3.72. The summed E-state index contributed by atoms with van der Waals surface area (Å²) in [5.74, 6) is -0.791. The van der Waals surface area contributed by atoms with Gasteiger partial charge in [-0.15, -0.1) is 0 Å². The first-order valence-corrected chi connectivity index (χ1v) is 5.28. The monoisotopic (exact) mass is 295 g/mol. The van der Waals surface area contributed by atoms with Crippen molar-refractivity contribution in [1.29, 1.82) is 0 Å². The van der Waals surface area contributed by atoms with E-state index in [-0.39, 0.29) is 10.7 Å². The summed E-state index contributed by atoms with van der Waals surface area (Å²) in [6.07, 6.45) is -4.52. The minimum Gasteiger partial charge on any atom is -0.375 e. The number of urea groups is 1. The van der Waals surface area contributed by atoms with Crippen LogP contribution in [0.15, 0.2) is 18.2 Å². The number of benzene rings is 1. The smallest absolute Gasteiger partial charge is 0.375 e. The number of hydrogen-bond acceptors (Lipinski definition) is 3. The number of nitrogens with two attached hydrogens (primary N) is 1. The number of rotatable bonds is 3. The minimum atomic E-state index is -4.52. The Morgan fingerprint density at radius 2 is 1.95 bits per heavy atom. The number of carbonyl (C=O) groups is 2. The average Bonchev–Trinajstić information content (AvgIpc) is 2.25. The third kappa shape index (κ3) is 4.66. The topological polar surface area (TPSA) is 84.2 Å². The quantitative estimate of drug-likeness (QED) is 0.797. The zero-order chi connectivity index (χ0) is 14.6. The molecule has 0 aliphatic carbocycles. The molecule has 1 aromatic carbocycles. The van der Waals surface area contributed by atoms with Crippen LogP contribution in [0.4, 0.5) is 23.7 Å². The number of primary amides is 1. The highest BCUT2D eigenvalue weighted by atomic mass is 35.5. The SMILES string of the molecule is NC(=O)NC(=O)CNc1cc(C(F)(F)F)ccc1Cl. The molecule has 0 spiro atoms. The maximum absolute atomic E-state index is 12.5. The molecular weight excluding hydrogens is 287 g/mol. The van der Waals surface area contributed by atoms with E-state index in [2.05, 4.69) is 5.32 Å². The largest absolute Gasteiger partial charge is 0.416 e. The second kappa shape index (κ2) is 5.79. The molecule has 5 nitrogen and oxygen atoms in total. The van der Waals surface area contributed by atoms with E-state index in [9.17, 15) is 22.8 Å². The van der Waals surface area contributed by atoms with Crippen molar-refractivity contribution in [2.75, 3.05) is 11.9 Å². The lowest BCUT2D eigenvalue weighted by Crippen LogP contribution is -2.38. The molecule has 1 aromatic rings. The van der Waals surface area contributed by atoms with Crippen LogP contribution in [-0.2, 0) is 11.0 Å². The van der Waals surface area contributed by atoms with Gasteiger partial charge in [-0.2, -0.15) is 13.2 Å². The molecule has 0 atom stereocenters. The molecule has 3 amide bonds. The summed E-state index contributed by atoms with van der Waals surface area (Å²) in [6, 6.07) is 1.58. The summed E-state index contributed by atoms with van der Waals surface area (Å²) in [5, 5.41) is 4.14. The van der Waals surface area contributed by atoms with Gasteiger partial charge in [0.05, 0.1) is 22.8 Å².